The Bertz CT molecular complexity index is 652. The number of carboxylic acids is 1. The summed E-state index contributed by atoms with van der Waals surface area (Å²) < 4.78 is 37.5. The van der Waals surface area contributed by atoms with Crippen LogP contribution in [-0.2, 0) is 6.18 Å². The summed E-state index contributed by atoms with van der Waals surface area (Å²) in [5.74, 6) is -1.08. The molecule has 20 heavy (non-hydrogen) atoms. The molecule has 0 aliphatic carbocycles. The molecule has 2 rings (SSSR count). The van der Waals surface area contributed by atoms with E-state index in [2.05, 4.69) is 0 Å². The molecule has 0 spiro atoms. The number of aromatic carboxylic acids is 1. The van der Waals surface area contributed by atoms with E-state index in [1.165, 1.54) is 6.07 Å². The van der Waals surface area contributed by atoms with Crippen LogP contribution in [0.25, 0.3) is 0 Å². The second-order valence-corrected chi connectivity index (χ2v) is 5.77. The Hall–Kier alpha value is -1.67. The Kier molecular flexibility index (Phi) is 3.96. The predicted octanol–water partition coefficient (Wildman–Crippen LogP) is 4.20. The van der Waals surface area contributed by atoms with Crippen LogP contribution in [0.3, 0.4) is 0 Å². The quantitative estimate of drug-likeness (QED) is 0.832. The third-order valence-corrected chi connectivity index (χ3v) is 4.56. The number of carbonyl (C=O) groups is 1. The van der Waals surface area contributed by atoms with Gasteiger partial charge in [0.15, 0.2) is 0 Å². The Balaban J connectivity index is 2.31. The van der Waals surface area contributed by atoms with E-state index in [0.717, 1.165) is 35.2 Å². The molecule has 0 bridgehead atoms. The van der Waals surface area contributed by atoms with Gasteiger partial charge in [-0.2, -0.15) is 13.2 Å². The second kappa shape index (κ2) is 5.37. The molecule has 0 saturated carbocycles. The Labute approximate surface area is 120 Å². The first-order valence-electron chi connectivity index (χ1n) is 5.24. The second-order valence-electron chi connectivity index (χ2n) is 3.77. The van der Waals surface area contributed by atoms with Crippen molar-refractivity contribution in [2.75, 3.05) is 5.73 Å². The van der Waals surface area contributed by atoms with Crippen molar-refractivity contribution in [3.63, 3.8) is 0 Å². The first-order valence-corrected chi connectivity index (χ1v) is 6.94. The molecule has 0 aliphatic rings. The van der Waals surface area contributed by atoms with Gasteiger partial charge in [0.25, 0.3) is 0 Å². The number of alkyl halides is 3. The lowest BCUT2D eigenvalue weighted by Gasteiger charge is -2.10. The third kappa shape index (κ3) is 3.07. The zero-order chi connectivity index (χ0) is 14.9. The SMILES string of the molecule is Nc1cc(C(F)(F)F)ccc1Sc1ccsc1C(=O)O. The minimum absolute atomic E-state index is 0.0348. The fourth-order valence-corrected chi connectivity index (χ4v) is 3.32. The fraction of sp³-hybridized carbons (Fsp3) is 0.0833. The number of halogens is 3. The summed E-state index contributed by atoms with van der Waals surface area (Å²) in [6.07, 6.45) is -4.45. The van der Waals surface area contributed by atoms with Gasteiger partial charge in [0.1, 0.15) is 4.88 Å². The number of benzene rings is 1. The van der Waals surface area contributed by atoms with Crippen molar-refractivity contribution in [2.45, 2.75) is 16.0 Å². The number of anilines is 1. The molecule has 2 aromatic rings. The monoisotopic (exact) mass is 319 g/mol. The number of hydrogen-bond acceptors (Lipinski definition) is 4. The fourth-order valence-electron chi connectivity index (χ4n) is 1.47. The van der Waals surface area contributed by atoms with Crippen LogP contribution >= 0.6 is 23.1 Å². The standard InChI is InChI=1S/C12H8F3NO2S2/c13-12(14,15)6-1-2-8(7(16)5-6)20-9-3-4-19-10(9)11(17)18/h1-5H,16H2,(H,17,18). The summed E-state index contributed by atoms with van der Waals surface area (Å²) in [6, 6.07) is 4.60. The van der Waals surface area contributed by atoms with Gasteiger partial charge in [0, 0.05) is 15.5 Å². The van der Waals surface area contributed by atoms with Gasteiger partial charge in [-0.25, -0.2) is 4.79 Å². The number of carboxylic acid groups (broad SMARTS) is 1. The molecular formula is C12H8F3NO2S2. The zero-order valence-electron chi connectivity index (χ0n) is 9.77. The van der Waals surface area contributed by atoms with Gasteiger partial charge in [0.05, 0.1) is 5.56 Å². The summed E-state index contributed by atoms with van der Waals surface area (Å²) in [5.41, 5.74) is 4.73. The summed E-state index contributed by atoms with van der Waals surface area (Å²) >= 11 is 2.08. The van der Waals surface area contributed by atoms with Gasteiger partial charge < -0.3 is 10.8 Å². The zero-order valence-corrected chi connectivity index (χ0v) is 11.4. The van der Waals surface area contributed by atoms with Gasteiger partial charge in [-0.1, -0.05) is 11.8 Å². The lowest BCUT2D eigenvalue weighted by atomic mass is 10.2. The molecule has 0 atom stereocenters. The van der Waals surface area contributed by atoms with E-state index in [1.807, 2.05) is 0 Å². The molecule has 0 aliphatic heterocycles. The van der Waals surface area contributed by atoms with Crippen molar-refractivity contribution < 1.29 is 23.1 Å². The number of nitrogens with two attached hydrogens (primary N) is 1. The van der Waals surface area contributed by atoms with Gasteiger partial charge in [-0.3, -0.25) is 0 Å². The van der Waals surface area contributed by atoms with Crippen molar-refractivity contribution in [1.82, 2.24) is 0 Å². The average Bonchev–Trinajstić information content (AvgIpc) is 2.78. The van der Waals surface area contributed by atoms with Gasteiger partial charge in [0.2, 0.25) is 0 Å². The topological polar surface area (TPSA) is 63.3 Å². The van der Waals surface area contributed by atoms with E-state index in [0.29, 0.717) is 9.79 Å². The molecule has 0 saturated heterocycles. The van der Waals surface area contributed by atoms with Crippen molar-refractivity contribution in [1.29, 1.82) is 0 Å². The predicted molar refractivity (Wildman–Crippen MR) is 71.3 cm³/mol. The molecule has 3 N–H and O–H groups in total. The molecule has 3 nitrogen and oxygen atoms in total. The van der Waals surface area contributed by atoms with Gasteiger partial charge in [-0.05, 0) is 29.6 Å². The molecule has 1 heterocycles. The summed E-state index contributed by atoms with van der Waals surface area (Å²) in [6.45, 7) is 0. The molecular weight excluding hydrogens is 311 g/mol. The van der Waals surface area contributed by atoms with E-state index in [9.17, 15) is 18.0 Å². The summed E-state index contributed by atoms with van der Waals surface area (Å²) in [4.78, 5) is 11.9. The number of rotatable bonds is 3. The van der Waals surface area contributed by atoms with Crippen molar-refractivity contribution in [3.8, 4) is 0 Å². The molecule has 8 heteroatoms. The number of thiophene rings is 1. The highest BCUT2D eigenvalue weighted by Crippen LogP contribution is 2.39. The number of hydrogen-bond donors (Lipinski definition) is 2. The maximum Gasteiger partial charge on any atom is 0.416 e. The van der Waals surface area contributed by atoms with Crippen molar-refractivity contribution in [3.05, 3.63) is 40.1 Å². The molecule has 1 aromatic heterocycles. The maximum atomic E-state index is 12.5. The van der Waals surface area contributed by atoms with Crippen LogP contribution in [-0.4, -0.2) is 11.1 Å². The minimum atomic E-state index is -4.45. The molecule has 0 fully saturated rings. The van der Waals surface area contributed by atoms with Crippen LogP contribution in [0.5, 0.6) is 0 Å². The summed E-state index contributed by atoms with van der Waals surface area (Å²) in [5, 5.41) is 10.6. The van der Waals surface area contributed by atoms with Gasteiger partial charge in [-0.15, -0.1) is 11.3 Å². The van der Waals surface area contributed by atoms with Crippen molar-refractivity contribution in [2.24, 2.45) is 0 Å². The first-order chi connectivity index (χ1) is 9.29. The smallest absolute Gasteiger partial charge is 0.416 e. The molecule has 106 valence electrons. The average molecular weight is 319 g/mol. The van der Waals surface area contributed by atoms with Crippen LogP contribution in [0.2, 0.25) is 0 Å². The number of nitrogen functional groups attached to an aromatic ring is 1. The van der Waals surface area contributed by atoms with Crippen LogP contribution < -0.4 is 5.73 Å². The van der Waals surface area contributed by atoms with Crippen LogP contribution in [0, 0.1) is 0 Å². The lowest BCUT2D eigenvalue weighted by molar-refractivity contribution is -0.137. The van der Waals surface area contributed by atoms with Crippen LogP contribution in [0.15, 0.2) is 39.4 Å². The Morgan fingerprint density at radius 3 is 2.50 bits per heavy atom. The maximum absolute atomic E-state index is 12.5. The molecule has 1 aromatic carbocycles. The highest BCUT2D eigenvalue weighted by Gasteiger charge is 2.30. The van der Waals surface area contributed by atoms with Crippen LogP contribution in [0.1, 0.15) is 15.2 Å². The van der Waals surface area contributed by atoms with Crippen molar-refractivity contribution >= 4 is 34.8 Å². The third-order valence-electron chi connectivity index (χ3n) is 2.38. The molecule has 0 unspecified atom stereocenters. The largest absolute Gasteiger partial charge is 0.477 e. The van der Waals surface area contributed by atoms with E-state index >= 15 is 0 Å². The normalized spacial score (nSPS) is 11.6. The highest BCUT2D eigenvalue weighted by atomic mass is 32.2. The lowest BCUT2D eigenvalue weighted by Crippen LogP contribution is -2.05. The van der Waals surface area contributed by atoms with E-state index in [1.54, 1.807) is 11.4 Å². The summed E-state index contributed by atoms with van der Waals surface area (Å²) in [7, 11) is 0. The molecule has 0 amide bonds. The van der Waals surface area contributed by atoms with E-state index < -0.39 is 17.7 Å². The highest BCUT2D eigenvalue weighted by molar-refractivity contribution is 7.99. The van der Waals surface area contributed by atoms with E-state index in [-0.39, 0.29) is 10.6 Å². The van der Waals surface area contributed by atoms with Gasteiger partial charge >= 0.3 is 12.1 Å². The first kappa shape index (κ1) is 14.7. The van der Waals surface area contributed by atoms with E-state index in [4.69, 9.17) is 10.8 Å². The minimum Gasteiger partial charge on any atom is -0.477 e. The molecule has 0 radical (unpaired) electrons. The Morgan fingerprint density at radius 2 is 1.95 bits per heavy atom. The van der Waals surface area contributed by atoms with Crippen LogP contribution in [0.4, 0.5) is 18.9 Å². The Morgan fingerprint density at radius 1 is 1.25 bits per heavy atom.